The largest absolute Gasteiger partial charge is 0.492 e. The van der Waals surface area contributed by atoms with Crippen molar-refractivity contribution in [2.24, 2.45) is 5.92 Å². The van der Waals surface area contributed by atoms with Gasteiger partial charge in [0.05, 0.1) is 11.4 Å². The number of carbonyl (C=O) groups is 1. The van der Waals surface area contributed by atoms with Crippen molar-refractivity contribution in [3.63, 3.8) is 0 Å². The van der Waals surface area contributed by atoms with Crippen LogP contribution >= 0.6 is 0 Å². The van der Waals surface area contributed by atoms with Gasteiger partial charge in [-0.15, -0.1) is 0 Å². The minimum Gasteiger partial charge on any atom is -0.492 e. The molecular weight excluding hydrogens is 424 g/mol. The molecule has 1 saturated heterocycles. The highest BCUT2D eigenvalue weighted by atomic mass is 32.2. The van der Waals surface area contributed by atoms with E-state index in [1.54, 1.807) is 0 Å². The molecule has 1 aliphatic heterocycles. The zero-order valence-electron chi connectivity index (χ0n) is 19.7. The van der Waals surface area contributed by atoms with Crippen LogP contribution in [0.3, 0.4) is 0 Å². The Bertz CT molecular complexity index is 1060. The number of benzene rings is 2. The molecule has 0 aromatic heterocycles. The van der Waals surface area contributed by atoms with Gasteiger partial charge in [-0.1, -0.05) is 18.2 Å². The van der Waals surface area contributed by atoms with E-state index in [1.807, 2.05) is 65.0 Å². The molecule has 1 heterocycles. The van der Waals surface area contributed by atoms with Crippen LogP contribution < -0.4 is 10.1 Å². The van der Waals surface area contributed by atoms with Gasteiger partial charge in [-0.3, -0.25) is 4.79 Å². The molecule has 1 amide bonds. The van der Waals surface area contributed by atoms with Crippen molar-refractivity contribution in [1.82, 2.24) is 9.62 Å². The lowest BCUT2D eigenvalue weighted by Gasteiger charge is -2.31. The highest BCUT2D eigenvalue weighted by Gasteiger charge is 2.34. The molecule has 0 spiro atoms. The molecule has 3 rings (SSSR count). The maximum Gasteiger partial charge on any atom is 0.243 e. The molecule has 7 heteroatoms. The summed E-state index contributed by atoms with van der Waals surface area (Å²) < 4.78 is 34.0. The molecule has 1 aliphatic rings. The van der Waals surface area contributed by atoms with Crippen molar-refractivity contribution in [3.8, 4) is 5.75 Å². The molecule has 174 valence electrons. The fourth-order valence-electron chi connectivity index (χ4n) is 4.25. The number of nitrogens with zero attached hydrogens (tertiary/aromatic N) is 1. The van der Waals surface area contributed by atoms with E-state index in [4.69, 9.17) is 4.74 Å². The van der Waals surface area contributed by atoms with Crippen molar-refractivity contribution >= 4 is 15.9 Å². The van der Waals surface area contributed by atoms with Crippen LogP contribution in [-0.2, 0) is 14.8 Å². The van der Waals surface area contributed by atoms with Crippen molar-refractivity contribution in [1.29, 1.82) is 0 Å². The van der Waals surface area contributed by atoms with E-state index < -0.39 is 10.0 Å². The zero-order chi connectivity index (χ0) is 23.5. The first-order valence-electron chi connectivity index (χ1n) is 11.2. The number of ether oxygens (including phenoxy) is 1. The molecule has 32 heavy (non-hydrogen) atoms. The Morgan fingerprint density at radius 1 is 1.03 bits per heavy atom. The van der Waals surface area contributed by atoms with Crippen LogP contribution in [-0.4, -0.2) is 44.9 Å². The summed E-state index contributed by atoms with van der Waals surface area (Å²) in [7, 11) is -3.59. The molecule has 1 fully saturated rings. The molecule has 0 atom stereocenters. The van der Waals surface area contributed by atoms with Crippen molar-refractivity contribution in [2.45, 2.75) is 52.4 Å². The van der Waals surface area contributed by atoms with Gasteiger partial charge in [0.1, 0.15) is 12.4 Å². The number of rotatable bonds is 7. The Morgan fingerprint density at radius 3 is 2.25 bits per heavy atom. The van der Waals surface area contributed by atoms with Crippen LogP contribution in [0.1, 0.15) is 40.7 Å². The van der Waals surface area contributed by atoms with Crippen LogP contribution in [0.5, 0.6) is 5.75 Å². The first-order chi connectivity index (χ1) is 15.1. The van der Waals surface area contributed by atoms with E-state index in [0.717, 1.165) is 33.6 Å². The first kappa shape index (κ1) is 24.3. The van der Waals surface area contributed by atoms with Crippen LogP contribution in [0.25, 0.3) is 0 Å². The number of nitrogens with one attached hydrogen (secondary N) is 1. The average molecular weight is 459 g/mol. The highest BCUT2D eigenvalue weighted by molar-refractivity contribution is 7.89. The smallest absolute Gasteiger partial charge is 0.243 e. The zero-order valence-corrected chi connectivity index (χ0v) is 20.5. The maximum absolute atomic E-state index is 13.4. The van der Waals surface area contributed by atoms with Crippen molar-refractivity contribution in [2.75, 3.05) is 26.2 Å². The van der Waals surface area contributed by atoms with Gasteiger partial charge in [-0.05, 0) is 87.4 Å². The van der Waals surface area contributed by atoms with Crippen molar-refractivity contribution < 1.29 is 17.9 Å². The van der Waals surface area contributed by atoms with E-state index >= 15 is 0 Å². The van der Waals surface area contributed by atoms with Crippen LogP contribution in [0.4, 0.5) is 0 Å². The summed E-state index contributed by atoms with van der Waals surface area (Å²) in [5.74, 6) is 0.574. The Morgan fingerprint density at radius 2 is 1.66 bits per heavy atom. The second-order valence-electron chi connectivity index (χ2n) is 8.72. The second kappa shape index (κ2) is 10.0. The predicted molar refractivity (Wildman–Crippen MR) is 127 cm³/mol. The summed E-state index contributed by atoms with van der Waals surface area (Å²) in [6.45, 7) is 11.2. The topological polar surface area (TPSA) is 75.7 Å². The minimum atomic E-state index is -3.59. The van der Waals surface area contributed by atoms with Crippen molar-refractivity contribution in [3.05, 3.63) is 58.1 Å². The van der Waals surface area contributed by atoms with Crippen LogP contribution in [0.2, 0.25) is 0 Å². The maximum atomic E-state index is 13.4. The third-order valence-corrected chi connectivity index (χ3v) is 8.55. The molecule has 0 radical (unpaired) electrons. The average Bonchev–Trinajstić information content (AvgIpc) is 2.75. The number of hydrogen-bond donors (Lipinski definition) is 1. The number of aryl methyl sites for hydroxylation is 3. The van der Waals surface area contributed by atoms with Gasteiger partial charge in [0.15, 0.2) is 0 Å². The molecule has 2 aromatic rings. The number of sulfonamides is 1. The van der Waals surface area contributed by atoms with Gasteiger partial charge in [0.2, 0.25) is 15.9 Å². The third-order valence-electron chi connectivity index (χ3n) is 6.38. The summed E-state index contributed by atoms with van der Waals surface area (Å²) in [6, 6.07) is 9.82. The normalized spacial score (nSPS) is 15.5. The molecule has 1 N–H and O–H groups in total. The lowest BCUT2D eigenvalue weighted by molar-refractivity contribution is -0.126. The molecule has 0 aliphatic carbocycles. The van der Waals surface area contributed by atoms with E-state index in [0.29, 0.717) is 44.0 Å². The Balaban J connectivity index is 1.54. The summed E-state index contributed by atoms with van der Waals surface area (Å²) in [6.07, 6.45) is 1.04. The lowest BCUT2D eigenvalue weighted by atomic mass is 9.97. The third kappa shape index (κ3) is 5.33. The SMILES string of the molecule is Cc1cccc(OCCNC(=O)C2CCN(S(=O)(=O)c3c(C)c(C)cc(C)c3C)CC2)c1. The second-order valence-corrected chi connectivity index (χ2v) is 10.6. The summed E-state index contributed by atoms with van der Waals surface area (Å²) >= 11 is 0. The van der Waals surface area contributed by atoms with Gasteiger partial charge < -0.3 is 10.1 Å². The van der Waals surface area contributed by atoms with E-state index in [-0.39, 0.29) is 11.8 Å². The van der Waals surface area contributed by atoms with Crippen LogP contribution in [0.15, 0.2) is 35.2 Å². The fraction of sp³-hybridized carbons (Fsp3) is 0.480. The lowest BCUT2D eigenvalue weighted by Crippen LogP contribution is -2.43. The van der Waals surface area contributed by atoms with Gasteiger partial charge >= 0.3 is 0 Å². The van der Waals surface area contributed by atoms with E-state index in [9.17, 15) is 13.2 Å². The Kier molecular flexibility index (Phi) is 7.62. The van der Waals surface area contributed by atoms with Gasteiger partial charge in [-0.2, -0.15) is 4.31 Å². The number of hydrogen-bond acceptors (Lipinski definition) is 4. The number of carbonyl (C=O) groups excluding carboxylic acids is 1. The summed E-state index contributed by atoms with van der Waals surface area (Å²) in [5.41, 5.74) is 4.70. The number of amides is 1. The van der Waals surface area contributed by atoms with Crippen LogP contribution in [0, 0.1) is 40.5 Å². The fourth-order valence-corrected chi connectivity index (χ4v) is 6.29. The molecule has 0 bridgehead atoms. The van der Waals surface area contributed by atoms with Gasteiger partial charge in [0.25, 0.3) is 0 Å². The standard InChI is InChI=1S/C25H34N2O4S/c1-17-7-6-8-23(15-17)31-14-11-26-25(28)22-9-12-27(13-10-22)32(29,30)24-20(4)18(2)16-19(3)21(24)5/h6-8,15-16,22H,9-14H2,1-5H3,(H,26,28). The van der Waals surface area contributed by atoms with Gasteiger partial charge in [0, 0.05) is 19.0 Å². The number of piperidine rings is 1. The Hall–Kier alpha value is -2.38. The molecule has 0 saturated carbocycles. The van der Waals surface area contributed by atoms with E-state index in [2.05, 4.69) is 5.32 Å². The van der Waals surface area contributed by atoms with Gasteiger partial charge in [-0.25, -0.2) is 8.42 Å². The summed E-state index contributed by atoms with van der Waals surface area (Å²) in [4.78, 5) is 13.0. The molecule has 0 unspecified atom stereocenters. The Labute approximate surface area is 192 Å². The highest BCUT2D eigenvalue weighted by Crippen LogP contribution is 2.31. The molecule has 2 aromatic carbocycles. The van der Waals surface area contributed by atoms with E-state index in [1.165, 1.54) is 4.31 Å². The molecular formula is C25H34N2O4S. The molecule has 6 nitrogen and oxygen atoms in total. The summed E-state index contributed by atoms with van der Waals surface area (Å²) in [5, 5.41) is 2.92. The monoisotopic (exact) mass is 458 g/mol. The predicted octanol–water partition coefficient (Wildman–Crippen LogP) is 3.82. The quantitative estimate of drug-likeness (QED) is 0.640. The minimum absolute atomic E-state index is 0.0337. The first-order valence-corrected chi connectivity index (χ1v) is 12.6.